The molecular formula is C15H14F2N4. The Labute approximate surface area is 121 Å². The predicted octanol–water partition coefficient (Wildman–Crippen LogP) is 2.60. The van der Waals surface area contributed by atoms with Crippen molar-refractivity contribution in [3.63, 3.8) is 0 Å². The maximum atomic E-state index is 13.4. The lowest BCUT2D eigenvalue weighted by Crippen LogP contribution is -2.22. The van der Waals surface area contributed by atoms with E-state index in [-0.39, 0.29) is 0 Å². The van der Waals surface area contributed by atoms with E-state index in [9.17, 15) is 8.78 Å². The van der Waals surface area contributed by atoms with E-state index in [4.69, 9.17) is 0 Å². The van der Waals surface area contributed by atoms with Gasteiger partial charge in [-0.1, -0.05) is 0 Å². The Morgan fingerprint density at radius 1 is 1.19 bits per heavy atom. The van der Waals surface area contributed by atoms with Gasteiger partial charge in [-0.2, -0.15) is 0 Å². The van der Waals surface area contributed by atoms with Crippen molar-refractivity contribution in [2.75, 3.05) is 13.7 Å². The molecule has 0 radical (unpaired) electrons. The third-order valence-electron chi connectivity index (χ3n) is 3.29. The lowest BCUT2D eigenvalue weighted by atomic mass is 10.1. The number of aromatic nitrogens is 2. The minimum atomic E-state index is -0.877. The van der Waals surface area contributed by atoms with Crippen LogP contribution in [0.25, 0.3) is 11.3 Å². The second-order valence-corrected chi connectivity index (χ2v) is 4.97. The zero-order chi connectivity index (χ0) is 14.8. The summed E-state index contributed by atoms with van der Waals surface area (Å²) in [6.07, 6.45) is 7.06. The second kappa shape index (κ2) is 5.47. The summed E-state index contributed by atoms with van der Waals surface area (Å²) in [7, 11) is 1.98. The highest BCUT2D eigenvalue weighted by Crippen LogP contribution is 2.24. The third-order valence-corrected chi connectivity index (χ3v) is 3.29. The summed E-state index contributed by atoms with van der Waals surface area (Å²) in [5, 5.41) is 0. The molecule has 0 unspecified atom stereocenters. The van der Waals surface area contributed by atoms with Gasteiger partial charge < -0.3 is 9.80 Å². The SMILES string of the molecule is CN1C=CN(Cc2cncnc2-c2ccc(F)c(F)c2)C1. The fourth-order valence-electron chi connectivity index (χ4n) is 2.29. The van der Waals surface area contributed by atoms with Crippen LogP contribution in [0, 0.1) is 11.6 Å². The van der Waals surface area contributed by atoms with Crippen molar-refractivity contribution in [3.8, 4) is 11.3 Å². The first-order valence-corrected chi connectivity index (χ1v) is 6.50. The fourth-order valence-corrected chi connectivity index (χ4v) is 2.29. The van der Waals surface area contributed by atoms with Crippen LogP contribution in [0.1, 0.15) is 5.56 Å². The van der Waals surface area contributed by atoms with E-state index < -0.39 is 11.6 Å². The first kappa shape index (κ1) is 13.5. The van der Waals surface area contributed by atoms with Crippen LogP contribution >= 0.6 is 0 Å². The monoisotopic (exact) mass is 288 g/mol. The Kier molecular flexibility index (Phi) is 3.51. The Hall–Kier alpha value is -2.50. The Morgan fingerprint density at radius 2 is 2.05 bits per heavy atom. The molecule has 0 N–H and O–H groups in total. The van der Waals surface area contributed by atoms with E-state index in [1.54, 1.807) is 6.20 Å². The van der Waals surface area contributed by atoms with Crippen molar-refractivity contribution in [2.45, 2.75) is 6.54 Å². The zero-order valence-corrected chi connectivity index (χ0v) is 11.5. The van der Waals surface area contributed by atoms with Gasteiger partial charge >= 0.3 is 0 Å². The highest BCUT2D eigenvalue weighted by molar-refractivity contribution is 5.62. The molecule has 0 fully saturated rings. The quantitative estimate of drug-likeness (QED) is 0.869. The molecule has 6 heteroatoms. The van der Waals surface area contributed by atoms with Gasteiger partial charge in [0, 0.05) is 43.3 Å². The first-order valence-electron chi connectivity index (χ1n) is 6.50. The molecule has 0 aliphatic carbocycles. The van der Waals surface area contributed by atoms with Gasteiger partial charge in [0.25, 0.3) is 0 Å². The van der Waals surface area contributed by atoms with Crippen molar-refractivity contribution in [2.24, 2.45) is 0 Å². The number of nitrogens with zero attached hydrogens (tertiary/aromatic N) is 4. The molecule has 3 rings (SSSR count). The number of benzene rings is 1. The molecule has 0 saturated heterocycles. The van der Waals surface area contributed by atoms with Crippen LogP contribution < -0.4 is 0 Å². The molecule has 4 nitrogen and oxygen atoms in total. The van der Waals surface area contributed by atoms with Crippen LogP contribution in [-0.2, 0) is 6.54 Å². The summed E-state index contributed by atoms with van der Waals surface area (Å²) in [6.45, 7) is 1.38. The van der Waals surface area contributed by atoms with Gasteiger partial charge in [0.15, 0.2) is 11.6 Å². The van der Waals surface area contributed by atoms with Gasteiger partial charge in [0.2, 0.25) is 0 Å². The summed E-state index contributed by atoms with van der Waals surface area (Å²) in [5.41, 5.74) is 2.03. The standard InChI is InChI=1S/C15H14F2N4/c1-20-4-5-21(10-20)8-12-7-18-9-19-15(12)11-2-3-13(16)14(17)6-11/h2-7,9H,8,10H2,1H3. The van der Waals surface area contributed by atoms with Gasteiger partial charge in [0.1, 0.15) is 6.33 Å². The molecule has 0 saturated carbocycles. The van der Waals surface area contributed by atoms with Crippen molar-refractivity contribution in [3.05, 3.63) is 60.3 Å². The van der Waals surface area contributed by atoms with Crippen LogP contribution in [0.5, 0.6) is 0 Å². The number of hydrogen-bond donors (Lipinski definition) is 0. The molecule has 0 spiro atoms. The molecule has 2 heterocycles. The smallest absolute Gasteiger partial charge is 0.159 e. The lowest BCUT2D eigenvalue weighted by molar-refractivity contribution is 0.291. The van der Waals surface area contributed by atoms with Gasteiger partial charge in [-0.3, -0.25) is 0 Å². The third kappa shape index (κ3) is 2.84. The Bertz CT molecular complexity index is 687. The zero-order valence-electron chi connectivity index (χ0n) is 11.5. The van der Waals surface area contributed by atoms with Gasteiger partial charge in [-0.25, -0.2) is 18.7 Å². The molecule has 21 heavy (non-hydrogen) atoms. The highest BCUT2D eigenvalue weighted by atomic mass is 19.2. The van der Waals surface area contributed by atoms with E-state index in [0.717, 1.165) is 24.4 Å². The average molecular weight is 288 g/mol. The topological polar surface area (TPSA) is 32.3 Å². The number of rotatable bonds is 3. The maximum Gasteiger partial charge on any atom is 0.159 e. The van der Waals surface area contributed by atoms with Gasteiger partial charge in [-0.05, 0) is 18.2 Å². The lowest BCUT2D eigenvalue weighted by Gasteiger charge is -2.19. The molecule has 2 aromatic rings. The van der Waals surface area contributed by atoms with E-state index in [1.165, 1.54) is 12.4 Å². The molecule has 108 valence electrons. The summed E-state index contributed by atoms with van der Waals surface area (Å²) in [4.78, 5) is 12.4. The van der Waals surface area contributed by atoms with Crippen molar-refractivity contribution in [1.82, 2.24) is 19.8 Å². The number of hydrogen-bond acceptors (Lipinski definition) is 4. The summed E-state index contributed by atoms with van der Waals surface area (Å²) in [6, 6.07) is 3.80. The Balaban J connectivity index is 1.92. The van der Waals surface area contributed by atoms with Crippen LogP contribution in [0.15, 0.2) is 43.1 Å². The summed E-state index contributed by atoms with van der Waals surface area (Å²) < 4.78 is 26.5. The molecule has 1 aliphatic rings. The molecule has 0 bridgehead atoms. The van der Waals surface area contributed by atoms with E-state index in [1.807, 2.05) is 24.3 Å². The van der Waals surface area contributed by atoms with Crippen molar-refractivity contribution >= 4 is 0 Å². The average Bonchev–Trinajstić information content (AvgIpc) is 2.88. The molecule has 1 aliphatic heterocycles. The molecule has 1 aromatic carbocycles. The maximum absolute atomic E-state index is 13.4. The van der Waals surface area contributed by atoms with Crippen molar-refractivity contribution < 1.29 is 8.78 Å². The van der Waals surface area contributed by atoms with Crippen LogP contribution in [0.3, 0.4) is 0 Å². The van der Waals surface area contributed by atoms with Crippen LogP contribution in [-0.4, -0.2) is 33.5 Å². The van der Waals surface area contributed by atoms with Gasteiger partial charge in [0.05, 0.1) is 12.4 Å². The largest absolute Gasteiger partial charge is 0.362 e. The second-order valence-electron chi connectivity index (χ2n) is 4.97. The minimum absolute atomic E-state index is 0.544. The van der Waals surface area contributed by atoms with Crippen LogP contribution in [0.4, 0.5) is 8.78 Å². The molecule has 0 amide bonds. The minimum Gasteiger partial charge on any atom is -0.362 e. The van der Waals surface area contributed by atoms with E-state index in [2.05, 4.69) is 14.9 Å². The summed E-state index contributed by atoms with van der Waals surface area (Å²) >= 11 is 0. The van der Waals surface area contributed by atoms with Crippen molar-refractivity contribution in [1.29, 1.82) is 0 Å². The Morgan fingerprint density at radius 3 is 2.76 bits per heavy atom. The highest BCUT2D eigenvalue weighted by Gasteiger charge is 2.14. The molecular weight excluding hydrogens is 274 g/mol. The van der Waals surface area contributed by atoms with E-state index >= 15 is 0 Å². The number of halogens is 2. The summed E-state index contributed by atoms with van der Waals surface area (Å²) in [5.74, 6) is -1.74. The molecule has 1 aromatic heterocycles. The van der Waals surface area contributed by atoms with E-state index in [0.29, 0.717) is 17.8 Å². The predicted molar refractivity (Wildman–Crippen MR) is 74.7 cm³/mol. The van der Waals surface area contributed by atoms with Crippen LogP contribution in [0.2, 0.25) is 0 Å². The first-order chi connectivity index (χ1) is 10.1. The fraction of sp³-hybridized carbons (Fsp3) is 0.200. The van der Waals surface area contributed by atoms with Gasteiger partial charge in [-0.15, -0.1) is 0 Å². The molecule has 0 atom stereocenters. The normalized spacial score (nSPS) is 14.0.